The van der Waals surface area contributed by atoms with Crippen LogP contribution in [-0.4, -0.2) is 20.0 Å². The van der Waals surface area contributed by atoms with Crippen molar-refractivity contribution in [3.63, 3.8) is 0 Å². The van der Waals surface area contributed by atoms with E-state index in [4.69, 9.17) is 5.73 Å². The minimum Gasteiger partial charge on any atom is -0.382 e. The topological polar surface area (TPSA) is 84.5 Å². The molecule has 2 bridgehead atoms. The van der Waals surface area contributed by atoms with E-state index in [0.29, 0.717) is 23.7 Å². The van der Waals surface area contributed by atoms with Crippen molar-refractivity contribution in [2.24, 2.45) is 24.8 Å². The monoisotopic (exact) mass is 384 g/mol. The number of H-pyrrole nitrogens is 1. The number of rotatable bonds is 1. The Balaban J connectivity index is 1.43. The Morgan fingerprint density at radius 1 is 1.10 bits per heavy atom. The summed E-state index contributed by atoms with van der Waals surface area (Å²) in [5.41, 5.74) is 12.5. The lowest BCUT2D eigenvalue weighted by Crippen LogP contribution is -2.35. The summed E-state index contributed by atoms with van der Waals surface area (Å²) < 4.78 is 1.87. The van der Waals surface area contributed by atoms with Crippen LogP contribution in [0.15, 0.2) is 36.5 Å². The zero-order chi connectivity index (χ0) is 19.3. The largest absolute Gasteiger partial charge is 0.382 e. The molecular formula is C23H24N6. The van der Waals surface area contributed by atoms with Gasteiger partial charge in [-0.3, -0.25) is 9.78 Å². The van der Waals surface area contributed by atoms with Gasteiger partial charge in [0.1, 0.15) is 0 Å². The van der Waals surface area contributed by atoms with Gasteiger partial charge in [-0.25, -0.2) is 0 Å². The van der Waals surface area contributed by atoms with Crippen LogP contribution in [0.3, 0.4) is 0 Å². The first-order valence-electron chi connectivity index (χ1n) is 10.6. The molecule has 1 unspecified atom stereocenters. The maximum absolute atomic E-state index is 6.21. The Labute approximate surface area is 168 Å². The third-order valence-corrected chi connectivity index (χ3v) is 7.94. The second-order valence-electron chi connectivity index (χ2n) is 9.20. The van der Waals surface area contributed by atoms with Gasteiger partial charge in [-0.1, -0.05) is 6.07 Å². The summed E-state index contributed by atoms with van der Waals surface area (Å²) in [6, 6.07) is 11.4. The lowest BCUT2D eigenvalue weighted by atomic mass is 9.67. The summed E-state index contributed by atoms with van der Waals surface area (Å²) in [5.74, 6) is 3.43. The van der Waals surface area contributed by atoms with Crippen molar-refractivity contribution in [2.45, 2.75) is 31.2 Å². The Morgan fingerprint density at radius 3 is 2.93 bits per heavy atom. The number of nitrogens with zero attached hydrogens (tertiary/aromatic N) is 3. The molecule has 1 aliphatic heterocycles. The zero-order valence-corrected chi connectivity index (χ0v) is 16.4. The summed E-state index contributed by atoms with van der Waals surface area (Å²) in [4.78, 5) is 0. The van der Waals surface area contributed by atoms with Crippen molar-refractivity contribution in [1.29, 1.82) is 0 Å². The molecule has 6 heteroatoms. The van der Waals surface area contributed by atoms with Crippen LogP contribution in [0.4, 0.5) is 11.5 Å². The quantitative estimate of drug-likeness (QED) is 0.456. The van der Waals surface area contributed by atoms with E-state index < -0.39 is 0 Å². The summed E-state index contributed by atoms with van der Waals surface area (Å²) in [5, 5.41) is 18.2. The van der Waals surface area contributed by atoms with E-state index in [1.165, 1.54) is 41.5 Å². The number of hydrogen-bond donors (Lipinski definition) is 3. The number of aryl methyl sites for hydroxylation is 1. The molecule has 2 saturated carbocycles. The number of nitrogen functional groups attached to an aromatic ring is 1. The molecule has 4 N–H and O–H groups in total. The van der Waals surface area contributed by atoms with Gasteiger partial charge in [-0.05, 0) is 78.3 Å². The molecule has 146 valence electrons. The third kappa shape index (κ3) is 1.96. The van der Waals surface area contributed by atoms with Gasteiger partial charge in [0.05, 0.1) is 23.3 Å². The molecule has 0 spiro atoms. The molecule has 4 aromatic rings. The predicted octanol–water partition coefficient (Wildman–Crippen LogP) is 4.33. The van der Waals surface area contributed by atoms with Gasteiger partial charge in [-0.15, -0.1) is 0 Å². The number of hydrogen-bond acceptors (Lipinski definition) is 4. The van der Waals surface area contributed by atoms with E-state index in [1.807, 2.05) is 17.9 Å². The highest BCUT2D eigenvalue weighted by atomic mass is 15.3. The highest BCUT2D eigenvalue weighted by molar-refractivity contribution is 5.91. The lowest BCUT2D eigenvalue weighted by molar-refractivity contribution is 0.249. The van der Waals surface area contributed by atoms with Crippen LogP contribution in [0.2, 0.25) is 0 Å². The molecular weight excluding hydrogens is 360 g/mol. The summed E-state index contributed by atoms with van der Waals surface area (Å²) in [6.45, 7) is 0. The maximum Gasteiger partial charge on any atom is 0.153 e. The molecule has 3 aliphatic rings. The van der Waals surface area contributed by atoms with Crippen LogP contribution in [0.25, 0.3) is 21.8 Å². The number of benzene rings is 2. The number of aromatic amines is 1. The van der Waals surface area contributed by atoms with Gasteiger partial charge in [0, 0.05) is 23.5 Å². The number of anilines is 2. The predicted molar refractivity (Wildman–Crippen MR) is 115 cm³/mol. The number of nitrogens with one attached hydrogen (secondary N) is 2. The number of aromatic nitrogens is 4. The Hall–Kier alpha value is -3.02. The molecule has 2 fully saturated rings. The van der Waals surface area contributed by atoms with Gasteiger partial charge in [0.25, 0.3) is 0 Å². The molecule has 29 heavy (non-hydrogen) atoms. The number of fused-ring (bicyclic) bond motifs is 10. The van der Waals surface area contributed by atoms with Crippen LogP contribution >= 0.6 is 0 Å². The Bertz CT molecular complexity index is 1280. The van der Waals surface area contributed by atoms with Crippen molar-refractivity contribution < 1.29 is 0 Å². The first kappa shape index (κ1) is 15.9. The smallest absolute Gasteiger partial charge is 0.153 e. The van der Waals surface area contributed by atoms with Crippen LogP contribution in [0, 0.1) is 17.8 Å². The average molecular weight is 384 g/mol. The SMILES string of the molecule is Cn1nc(N)c2cc([C@@H]3Nc4ccc5[nH]ncc5c4[C@H]4[C@@H]5CCC(C5)[C@H]43)ccc21. The first-order chi connectivity index (χ1) is 14.2. The maximum atomic E-state index is 6.21. The highest BCUT2D eigenvalue weighted by Gasteiger charge is 2.54. The standard InChI is InChI=1S/C23H24N6/c1-29-18-7-4-13(9-14(18)23(24)28-29)22-20-12-3-2-11(8-12)19(20)21-15-10-25-27-16(15)5-6-17(21)26-22/h4-7,9-12,19-20,22,26H,2-3,8H2,1H3,(H2,24,28)(H,25,27)/t11-,12?,19+,20-,22+/m1/s1. The number of nitrogens with two attached hydrogens (primary N) is 1. The van der Waals surface area contributed by atoms with Gasteiger partial charge in [0.2, 0.25) is 0 Å². The Morgan fingerprint density at radius 2 is 2.00 bits per heavy atom. The molecule has 3 heterocycles. The summed E-state index contributed by atoms with van der Waals surface area (Å²) >= 11 is 0. The molecule has 0 amide bonds. The van der Waals surface area contributed by atoms with Crippen LogP contribution in [-0.2, 0) is 7.05 Å². The van der Waals surface area contributed by atoms with Crippen LogP contribution in [0.5, 0.6) is 0 Å². The van der Waals surface area contributed by atoms with E-state index in [2.05, 4.69) is 50.9 Å². The minimum absolute atomic E-state index is 0.316. The van der Waals surface area contributed by atoms with E-state index in [1.54, 1.807) is 0 Å². The highest BCUT2D eigenvalue weighted by Crippen LogP contribution is 2.64. The van der Waals surface area contributed by atoms with Crippen molar-refractivity contribution in [3.05, 3.63) is 47.7 Å². The van der Waals surface area contributed by atoms with Crippen LogP contribution in [0.1, 0.15) is 42.3 Å². The van der Waals surface area contributed by atoms with E-state index in [-0.39, 0.29) is 0 Å². The van der Waals surface area contributed by atoms with Crippen molar-refractivity contribution >= 4 is 33.3 Å². The third-order valence-electron chi connectivity index (χ3n) is 7.94. The molecule has 7 rings (SSSR count). The fourth-order valence-corrected chi connectivity index (χ4v) is 6.84. The molecule has 5 atom stereocenters. The van der Waals surface area contributed by atoms with E-state index in [9.17, 15) is 0 Å². The second-order valence-corrected chi connectivity index (χ2v) is 9.20. The molecule has 0 saturated heterocycles. The molecule has 6 nitrogen and oxygen atoms in total. The second kappa shape index (κ2) is 5.32. The molecule has 2 aromatic carbocycles. The Kier molecular flexibility index (Phi) is 2.91. The van der Waals surface area contributed by atoms with Crippen molar-refractivity contribution in [1.82, 2.24) is 20.0 Å². The molecule has 2 aromatic heterocycles. The van der Waals surface area contributed by atoms with Gasteiger partial charge >= 0.3 is 0 Å². The van der Waals surface area contributed by atoms with Gasteiger partial charge in [-0.2, -0.15) is 10.2 Å². The summed E-state index contributed by atoms with van der Waals surface area (Å²) in [7, 11) is 1.95. The fraction of sp³-hybridized carbons (Fsp3) is 0.391. The van der Waals surface area contributed by atoms with E-state index >= 15 is 0 Å². The van der Waals surface area contributed by atoms with Gasteiger partial charge in [0.15, 0.2) is 5.82 Å². The van der Waals surface area contributed by atoms with Crippen molar-refractivity contribution in [3.8, 4) is 0 Å². The average Bonchev–Trinajstić information content (AvgIpc) is 3.51. The normalized spacial score (nSPS) is 29.9. The van der Waals surface area contributed by atoms with Crippen LogP contribution < -0.4 is 11.1 Å². The fourth-order valence-electron chi connectivity index (χ4n) is 6.84. The molecule has 0 radical (unpaired) electrons. The first-order valence-corrected chi connectivity index (χ1v) is 10.6. The van der Waals surface area contributed by atoms with Gasteiger partial charge < -0.3 is 11.1 Å². The molecule has 2 aliphatic carbocycles. The van der Waals surface area contributed by atoms with E-state index in [0.717, 1.165) is 28.3 Å². The zero-order valence-electron chi connectivity index (χ0n) is 16.4. The van der Waals surface area contributed by atoms with Crippen molar-refractivity contribution in [2.75, 3.05) is 11.1 Å². The lowest BCUT2D eigenvalue weighted by Gasteiger charge is -2.43. The minimum atomic E-state index is 0.316. The summed E-state index contributed by atoms with van der Waals surface area (Å²) in [6.07, 6.45) is 6.10.